The van der Waals surface area contributed by atoms with E-state index in [2.05, 4.69) is 5.32 Å². The van der Waals surface area contributed by atoms with Gasteiger partial charge in [0.25, 0.3) is 5.91 Å². The summed E-state index contributed by atoms with van der Waals surface area (Å²) < 4.78 is 33.3. The van der Waals surface area contributed by atoms with E-state index in [1.54, 1.807) is 12.1 Å². The molecule has 29 heavy (non-hydrogen) atoms. The maximum Gasteiger partial charge on any atom is 0.255 e. The van der Waals surface area contributed by atoms with E-state index < -0.39 is 15.9 Å². The molecule has 1 saturated heterocycles. The van der Waals surface area contributed by atoms with Crippen LogP contribution in [-0.4, -0.2) is 38.3 Å². The monoisotopic (exact) mass is 456 g/mol. The number of hydrogen-bond donors (Lipinski definition) is 1. The number of piperidine rings is 1. The van der Waals surface area contributed by atoms with Crippen molar-refractivity contribution in [2.75, 3.05) is 19.0 Å². The van der Waals surface area contributed by atoms with Gasteiger partial charge in [0, 0.05) is 23.2 Å². The Morgan fingerprint density at radius 3 is 2.59 bits per heavy atom. The summed E-state index contributed by atoms with van der Waals surface area (Å²) in [6.07, 6.45) is 2.60. The number of nitrogens with one attached hydrogen (secondary N) is 1. The van der Waals surface area contributed by atoms with Gasteiger partial charge in [-0.1, -0.05) is 29.6 Å². The van der Waals surface area contributed by atoms with E-state index in [4.69, 9.17) is 27.9 Å². The smallest absolute Gasteiger partial charge is 0.255 e. The molecule has 0 spiro atoms. The summed E-state index contributed by atoms with van der Waals surface area (Å²) in [5.41, 5.74) is 0.561. The standard InChI is InChI=1S/C20H22Cl2N2O4S/c1-13-5-3-4-10-24(13)29(26,27)19-11-14(6-9-18(19)28-2)20(25)23-17-8-7-15(21)12-16(17)22/h6-9,11-13H,3-5,10H2,1-2H3,(H,23,25). The molecular weight excluding hydrogens is 435 g/mol. The molecule has 2 aromatic rings. The Bertz CT molecular complexity index is 1030. The lowest BCUT2D eigenvalue weighted by Crippen LogP contribution is -2.42. The lowest BCUT2D eigenvalue weighted by atomic mass is 10.1. The summed E-state index contributed by atoms with van der Waals surface area (Å²) in [6.45, 7) is 2.34. The van der Waals surface area contributed by atoms with Gasteiger partial charge in [0.2, 0.25) is 10.0 Å². The van der Waals surface area contributed by atoms with Gasteiger partial charge >= 0.3 is 0 Å². The fourth-order valence-electron chi connectivity index (χ4n) is 3.36. The van der Waals surface area contributed by atoms with Gasteiger partial charge in [-0.25, -0.2) is 8.42 Å². The van der Waals surface area contributed by atoms with E-state index in [1.165, 1.54) is 35.7 Å². The maximum atomic E-state index is 13.3. The molecule has 156 valence electrons. The summed E-state index contributed by atoms with van der Waals surface area (Å²) in [4.78, 5) is 12.7. The van der Waals surface area contributed by atoms with Gasteiger partial charge in [0.05, 0.1) is 17.8 Å². The molecule has 0 radical (unpaired) electrons. The van der Waals surface area contributed by atoms with E-state index in [0.29, 0.717) is 17.3 Å². The molecule has 1 aliphatic heterocycles. The zero-order valence-corrected chi connectivity index (χ0v) is 18.4. The van der Waals surface area contributed by atoms with Crippen molar-refractivity contribution in [1.29, 1.82) is 0 Å². The Labute approximate surface area is 180 Å². The van der Waals surface area contributed by atoms with Gasteiger partial charge in [-0.05, 0) is 56.2 Å². The zero-order chi connectivity index (χ0) is 21.2. The summed E-state index contributed by atoms with van der Waals surface area (Å²) in [5, 5.41) is 3.41. The zero-order valence-electron chi connectivity index (χ0n) is 16.1. The van der Waals surface area contributed by atoms with E-state index >= 15 is 0 Å². The van der Waals surface area contributed by atoms with Crippen LogP contribution < -0.4 is 10.1 Å². The average molecular weight is 457 g/mol. The molecule has 3 rings (SSSR count). The molecule has 0 bridgehead atoms. The Balaban J connectivity index is 1.95. The third-order valence-corrected chi connectivity index (χ3v) is 7.52. The van der Waals surface area contributed by atoms with Crippen molar-refractivity contribution in [2.45, 2.75) is 37.1 Å². The highest BCUT2D eigenvalue weighted by atomic mass is 35.5. The summed E-state index contributed by atoms with van der Waals surface area (Å²) in [6, 6.07) is 8.93. The van der Waals surface area contributed by atoms with Crippen molar-refractivity contribution in [2.24, 2.45) is 0 Å². The number of halogens is 2. The summed E-state index contributed by atoms with van der Waals surface area (Å²) in [7, 11) is -2.41. The highest BCUT2D eigenvalue weighted by Crippen LogP contribution is 2.32. The van der Waals surface area contributed by atoms with Crippen LogP contribution in [0.2, 0.25) is 10.0 Å². The van der Waals surface area contributed by atoms with Crippen LogP contribution in [0.3, 0.4) is 0 Å². The van der Waals surface area contributed by atoms with Gasteiger partial charge in [-0.3, -0.25) is 4.79 Å². The lowest BCUT2D eigenvalue weighted by molar-refractivity contribution is 0.102. The van der Waals surface area contributed by atoms with Gasteiger partial charge in [-0.15, -0.1) is 0 Å². The second kappa shape index (κ2) is 8.92. The lowest BCUT2D eigenvalue weighted by Gasteiger charge is -2.32. The topological polar surface area (TPSA) is 75.7 Å². The molecule has 0 aromatic heterocycles. The normalized spacial score (nSPS) is 17.7. The van der Waals surface area contributed by atoms with Crippen LogP contribution in [0.1, 0.15) is 36.5 Å². The quantitative estimate of drug-likeness (QED) is 0.699. The molecule has 1 unspecified atom stereocenters. The molecule has 1 amide bonds. The molecule has 1 N–H and O–H groups in total. The Morgan fingerprint density at radius 2 is 1.93 bits per heavy atom. The minimum Gasteiger partial charge on any atom is -0.495 e. The van der Waals surface area contributed by atoms with E-state index in [-0.39, 0.29) is 27.3 Å². The second-order valence-corrected chi connectivity index (χ2v) is 9.61. The van der Waals surface area contributed by atoms with Crippen molar-refractivity contribution in [1.82, 2.24) is 4.31 Å². The van der Waals surface area contributed by atoms with Crippen LogP contribution >= 0.6 is 23.2 Å². The number of nitrogens with zero attached hydrogens (tertiary/aromatic N) is 1. The van der Waals surface area contributed by atoms with Crippen LogP contribution in [-0.2, 0) is 10.0 Å². The number of benzene rings is 2. The highest BCUT2D eigenvalue weighted by molar-refractivity contribution is 7.89. The van der Waals surface area contributed by atoms with Crippen LogP contribution in [0.25, 0.3) is 0 Å². The summed E-state index contributed by atoms with van der Waals surface area (Å²) >= 11 is 12.0. The first kappa shape index (κ1) is 21.9. The largest absolute Gasteiger partial charge is 0.495 e. The van der Waals surface area contributed by atoms with Crippen molar-refractivity contribution in [3.05, 3.63) is 52.0 Å². The first-order valence-corrected chi connectivity index (χ1v) is 11.4. The summed E-state index contributed by atoms with van der Waals surface area (Å²) in [5.74, 6) is -0.288. The number of rotatable bonds is 5. The molecule has 6 nitrogen and oxygen atoms in total. The third-order valence-electron chi connectivity index (χ3n) is 4.93. The number of carbonyl (C=O) groups is 1. The van der Waals surface area contributed by atoms with Gasteiger partial charge < -0.3 is 10.1 Å². The molecule has 0 saturated carbocycles. The molecule has 1 atom stereocenters. The molecule has 0 aliphatic carbocycles. The van der Waals surface area contributed by atoms with Crippen LogP contribution in [0, 0.1) is 0 Å². The minimum atomic E-state index is -3.81. The number of methoxy groups -OCH3 is 1. The van der Waals surface area contributed by atoms with E-state index in [0.717, 1.165) is 19.3 Å². The first-order chi connectivity index (χ1) is 13.7. The van der Waals surface area contributed by atoms with Gasteiger partial charge in [0.1, 0.15) is 10.6 Å². The molecule has 1 aliphatic rings. The SMILES string of the molecule is COc1ccc(C(=O)Nc2ccc(Cl)cc2Cl)cc1S(=O)(=O)N1CCCCC1C. The average Bonchev–Trinajstić information content (AvgIpc) is 2.69. The number of sulfonamides is 1. The molecule has 1 fully saturated rings. The highest BCUT2D eigenvalue weighted by Gasteiger charge is 2.33. The van der Waals surface area contributed by atoms with Crippen molar-refractivity contribution in [3.8, 4) is 5.75 Å². The number of hydrogen-bond acceptors (Lipinski definition) is 4. The molecule has 1 heterocycles. The Kier molecular flexibility index (Phi) is 6.73. The van der Waals surface area contributed by atoms with Crippen molar-refractivity contribution < 1.29 is 17.9 Å². The van der Waals surface area contributed by atoms with Crippen LogP contribution in [0.4, 0.5) is 5.69 Å². The number of ether oxygens (including phenoxy) is 1. The predicted molar refractivity (Wildman–Crippen MR) is 115 cm³/mol. The van der Waals surface area contributed by atoms with Gasteiger partial charge in [0.15, 0.2) is 0 Å². The molecular formula is C20H22Cl2N2O4S. The fraction of sp³-hybridized carbons (Fsp3) is 0.350. The maximum absolute atomic E-state index is 13.3. The third kappa shape index (κ3) is 4.69. The number of amides is 1. The number of anilines is 1. The van der Waals surface area contributed by atoms with E-state index in [1.807, 2.05) is 6.92 Å². The first-order valence-electron chi connectivity index (χ1n) is 9.20. The Hall–Kier alpha value is -1.80. The van der Waals surface area contributed by atoms with Crippen molar-refractivity contribution >= 4 is 44.8 Å². The Morgan fingerprint density at radius 1 is 1.17 bits per heavy atom. The molecule has 2 aromatic carbocycles. The van der Waals surface area contributed by atoms with Crippen LogP contribution in [0.15, 0.2) is 41.3 Å². The van der Waals surface area contributed by atoms with Crippen LogP contribution in [0.5, 0.6) is 5.75 Å². The fourth-order valence-corrected chi connectivity index (χ4v) is 5.70. The number of carbonyl (C=O) groups excluding carboxylic acids is 1. The van der Waals surface area contributed by atoms with Crippen molar-refractivity contribution in [3.63, 3.8) is 0 Å². The van der Waals surface area contributed by atoms with Gasteiger partial charge in [-0.2, -0.15) is 4.31 Å². The predicted octanol–water partition coefficient (Wildman–Crippen LogP) is 4.82. The molecule has 9 heteroatoms. The minimum absolute atomic E-state index is 0.0244. The van der Waals surface area contributed by atoms with E-state index in [9.17, 15) is 13.2 Å². The second-order valence-electron chi connectivity index (χ2n) is 6.90.